The van der Waals surface area contributed by atoms with Gasteiger partial charge in [-0.3, -0.25) is 14.6 Å². The molecule has 1 N–H and O–H groups in total. The van der Waals surface area contributed by atoms with E-state index in [1.165, 1.54) is 11.8 Å². The Morgan fingerprint density at radius 3 is 2.85 bits per heavy atom. The van der Waals surface area contributed by atoms with Crippen molar-refractivity contribution in [2.24, 2.45) is 5.92 Å². The van der Waals surface area contributed by atoms with Crippen LogP contribution in [-0.2, 0) is 17.6 Å². The fourth-order valence-electron chi connectivity index (χ4n) is 3.26. The van der Waals surface area contributed by atoms with Gasteiger partial charge in [-0.2, -0.15) is 0 Å². The van der Waals surface area contributed by atoms with Gasteiger partial charge in [0.15, 0.2) is 5.78 Å². The van der Waals surface area contributed by atoms with Crippen LogP contribution < -0.4 is 5.32 Å². The van der Waals surface area contributed by atoms with Gasteiger partial charge in [0, 0.05) is 28.2 Å². The number of nitrogens with one attached hydrogen (secondary N) is 1. The van der Waals surface area contributed by atoms with E-state index in [0.717, 1.165) is 29.2 Å². The van der Waals surface area contributed by atoms with Gasteiger partial charge in [-0.05, 0) is 50.5 Å². The van der Waals surface area contributed by atoms with E-state index in [1.54, 1.807) is 35.7 Å². The summed E-state index contributed by atoms with van der Waals surface area (Å²) in [6.07, 6.45) is 4.03. The summed E-state index contributed by atoms with van der Waals surface area (Å²) in [5.41, 5.74) is 3.22. The van der Waals surface area contributed by atoms with Crippen LogP contribution in [0.5, 0.6) is 0 Å². The highest BCUT2D eigenvalue weighted by Crippen LogP contribution is 2.34. The maximum Gasteiger partial charge on any atom is 0.227 e. The van der Waals surface area contributed by atoms with Crippen molar-refractivity contribution in [3.05, 3.63) is 64.8 Å². The number of hydrogen-bond donors (Lipinski definition) is 1. The number of ketones is 1. The first kappa shape index (κ1) is 17.5. The van der Waals surface area contributed by atoms with E-state index in [-0.39, 0.29) is 17.6 Å². The van der Waals surface area contributed by atoms with Crippen molar-refractivity contribution >= 4 is 28.7 Å². The summed E-state index contributed by atoms with van der Waals surface area (Å²) >= 11 is 1.62. The van der Waals surface area contributed by atoms with Gasteiger partial charge in [0.25, 0.3) is 0 Å². The second-order valence-corrected chi connectivity index (χ2v) is 7.75. The first-order chi connectivity index (χ1) is 13.1. The molecule has 1 aromatic carbocycles. The number of aryl methyl sites for hydroxylation is 1. The van der Waals surface area contributed by atoms with Crippen LogP contribution in [-0.4, -0.2) is 21.7 Å². The van der Waals surface area contributed by atoms with E-state index in [0.29, 0.717) is 17.7 Å². The van der Waals surface area contributed by atoms with Gasteiger partial charge in [0.1, 0.15) is 5.01 Å². The van der Waals surface area contributed by atoms with E-state index in [1.807, 2.05) is 24.3 Å². The molecular formula is C21H19N3O2S. The summed E-state index contributed by atoms with van der Waals surface area (Å²) in [5, 5.41) is 3.87. The number of aromatic nitrogens is 2. The van der Waals surface area contributed by atoms with E-state index in [2.05, 4.69) is 10.3 Å². The molecule has 1 aliphatic rings. The first-order valence-electron chi connectivity index (χ1n) is 8.92. The predicted octanol–water partition coefficient (Wildman–Crippen LogP) is 4.15. The number of fused-ring (bicyclic) bond motifs is 1. The molecule has 0 spiro atoms. The van der Waals surface area contributed by atoms with Gasteiger partial charge in [-0.25, -0.2) is 4.98 Å². The van der Waals surface area contributed by atoms with Gasteiger partial charge >= 0.3 is 0 Å². The van der Waals surface area contributed by atoms with Crippen LogP contribution >= 0.6 is 11.3 Å². The largest absolute Gasteiger partial charge is 0.326 e. The van der Waals surface area contributed by atoms with E-state index in [9.17, 15) is 9.59 Å². The Hall–Kier alpha value is -2.86. The Kier molecular flexibility index (Phi) is 4.81. The molecule has 3 aromatic rings. The molecule has 27 heavy (non-hydrogen) atoms. The normalized spacial score (nSPS) is 15.8. The number of anilines is 1. The molecular weight excluding hydrogens is 358 g/mol. The summed E-state index contributed by atoms with van der Waals surface area (Å²) in [4.78, 5) is 34.5. The molecule has 2 aromatic heterocycles. The van der Waals surface area contributed by atoms with Crippen molar-refractivity contribution in [1.82, 2.24) is 9.97 Å². The number of amides is 1. The quantitative estimate of drug-likeness (QED) is 0.693. The summed E-state index contributed by atoms with van der Waals surface area (Å²) in [5.74, 6) is -0.107. The maximum atomic E-state index is 12.7. The second-order valence-electron chi connectivity index (χ2n) is 6.67. The molecule has 0 fully saturated rings. The number of carbonyl (C=O) groups excluding carboxylic acids is 2. The highest BCUT2D eigenvalue weighted by molar-refractivity contribution is 7.15. The van der Waals surface area contributed by atoms with Crippen LogP contribution in [0.25, 0.3) is 10.7 Å². The molecule has 6 heteroatoms. The van der Waals surface area contributed by atoms with E-state index >= 15 is 0 Å². The molecule has 1 atom stereocenters. The number of carbonyl (C=O) groups is 2. The van der Waals surface area contributed by atoms with Crippen molar-refractivity contribution < 1.29 is 9.59 Å². The number of benzene rings is 1. The number of hydrogen-bond acceptors (Lipinski definition) is 5. The monoisotopic (exact) mass is 377 g/mol. The molecule has 1 amide bonds. The molecule has 0 bridgehead atoms. The minimum Gasteiger partial charge on any atom is -0.326 e. The number of thiazole rings is 1. The third-order valence-electron chi connectivity index (χ3n) is 4.73. The van der Waals surface area contributed by atoms with Crippen LogP contribution in [0.1, 0.15) is 34.3 Å². The van der Waals surface area contributed by atoms with Crippen LogP contribution in [0.3, 0.4) is 0 Å². The third-order valence-corrected chi connectivity index (χ3v) is 5.87. The van der Waals surface area contributed by atoms with Crippen molar-refractivity contribution in [3.63, 3.8) is 0 Å². The fraction of sp³-hybridized carbons (Fsp3) is 0.238. The fourth-order valence-corrected chi connectivity index (χ4v) is 4.42. The SMILES string of the molecule is CC(=O)c1cccc(NC(=O)C2CCc3nc(-c4ccccn4)sc3C2)c1. The zero-order chi connectivity index (χ0) is 18.8. The average Bonchev–Trinajstić information content (AvgIpc) is 3.12. The molecule has 136 valence electrons. The number of pyridine rings is 1. The summed E-state index contributed by atoms with van der Waals surface area (Å²) in [7, 11) is 0. The van der Waals surface area contributed by atoms with Gasteiger partial charge in [-0.15, -0.1) is 11.3 Å². The molecule has 5 nitrogen and oxygen atoms in total. The smallest absolute Gasteiger partial charge is 0.227 e. The van der Waals surface area contributed by atoms with Gasteiger partial charge in [-0.1, -0.05) is 18.2 Å². The zero-order valence-electron chi connectivity index (χ0n) is 14.9. The number of rotatable bonds is 4. The molecule has 0 radical (unpaired) electrons. The molecule has 0 saturated heterocycles. The Balaban J connectivity index is 1.48. The minimum atomic E-state index is -0.0875. The number of nitrogens with zero attached hydrogens (tertiary/aromatic N) is 2. The molecule has 0 aliphatic heterocycles. The van der Waals surface area contributed by atoms with E-state index < -0.39 is 0 Å². The predicted molar refractivity (Wildman–Crippen MR) is 106 cm³/mol. The molecule has 1 unspecified atom stereocenters. The average molecular weight is 377 g/mol. The third kappa shape index (κ3) is 3.80. The Labute approximate surface area is 161 Å². The number of Topliss-reactive ketones (excluding diaryl/α,β-unsaturated/α-hetero) is 1. The molecule has 0 saturated carbocycles. The zero-order valence-corrected chi connectivity index (χ0v) is 15.8. The minimum absolute atomic E-state index is 0.00543. The lowest BCUT2D eigenvalue weighted by Crippen LogP contribution is -2.27. The Morgan fingerprint density at radius 2 is 2.07 bits per heavy atom. The Morgan fingerprint density at radius 1 is 1.19 bits per heavy atom. The van der Waals surface area contributed by atoms with Crippen LogP contribution in [0.2, 0.25) is 0 Å². The van der Waals surface area contributed by atoms with Crippen LogP contribution in [0.15, 0.2) is 48.7 Å². The van der Waals surface area contributed by atoms with E-state index in [4.69, 9.17) is 4.98 Å². The highest BCUT2D eigenvalue weighted by atomic mass is 32.1. The Bertz CT molecular complexity index is 998. The highest BCUT2D eigenvalue weighted by Gasteiger charge is 2.28. The maximum absolute atomic E-state index is 12.7. The van der Waals surface area contributed by atoms with Gasteiger partial charge < -0.3 is 5.32 Å². The summed E-state index contributed by atoms with van der Waals surface area (Å²) in [6, 6.07) is 12.9. The topological polar surface area (TPSA) is 72.0 Å². The molecule has 2 heterocycles. The van der Waals surface area contributed by atoms with Crippen molar-refractivity contribution in [2.45, 2.75) is 26.2 Å². The van der Waals surface area contributed by atoms with Crippen molar-refractivity contribution in [1.29, 1.82) is 0 Å². The van der Waals surface area contributed by atoms with Crippen LogP contribution in [0.4, 0.5) is 5.69 Å². The summed E-state index contributed by atoms with van der Waals surface area (Å²) < 4.78 is 0. The van der Waals surface area contributed by atoms with Gasteiger partial charge in [0.05, 0.1) is 11.4 Å². The second kappa shape index (κ2) is 7.40. The molecule has 1 aliphatic carbocycles. The molecule has 4 rings (SSSR count). The van der Waals surface area contributed by atoms with Gasteiger partial charge in [0.2, 0.25) is 5.91 Å². The van der Waals surface area contributed by atoms with Crippen LogP contribution in [0, 0.1) is 5.92 Å². The summed E-state index contributed by atoms with van der Waals surface area (Å²) in [6.45, 7) is 1.52. The first-order valence-corrected chi connectivity index (χ1v) is 9.73. The lowest BCUT2D eigenvalue weighted by atomic mass is 9.90. The van der Waals surface area contributed by atoms with Crippen molar-refractivity contribution in [3.8, 4) is 10.7 Å². The lowest BCUT2D eigenvalue weighted by Gasteiger charge is -2.20. The standard InChI is InChI=1S/C21H19N3O2S/c1-13(25)14-5-4-6-16(11-14)23-20(26)15-8-9-17-19(12-15)27-21(24-17)18-7-2-3-10-22-18/h2-7,10-11,15H,8-9,12H2,1H3,(H,23,26). The lowest BCUT2D eigenvalue weighted by molar-refractivity contribution is -0.120. The van der Waals surface area contributed by atoms with Crippen molar-refractivity contribution in [2.75, 3.05) is 5.32 Å².